The fourth-order valence-corrected chi connectivity index (χ4v) is 3.57. The fraction of sp³-hybridized carbons (Fsp3) is 0.348. The molecule has 3 aromatic rings. The number of H-pyrrole nitrogens is 1. The third-order valence-corrected chi connectivity index (χ3v) is 5.52. The zero-order valence-corrected chi connectivity index (χ0v) is 18.2. The highest BCUT2D eigenvalue weighted by Crippen LogP contribution is 2.26. The van der Waals surface area contributed by atoms with Gasteiger partial charge in [-0.1, -0.05) is 56.1 Å². The van der Waals surface area contributed by atoms with Crippen molar-refractivity contribution in [3.8, 4) is 0 Å². The summed E-state index contributed by atoms with van der Waals surface area (Å²) in [5.74, 6) is 0.568. The highest BCUT2D eigenvalue weighted by Gasteiger charge is 2.25. The lowest BCUT2D eigenvalue weighted by Gasteiger charge is -2.24. The van der Waals surface area contributed by atoms with Gasteiger partial charge in [-0.15, -0.1) is 0 Å². The predicted octanol–water partition coefficient (Wildman–Crippen LogP) is 4.69. The van der Waals surface area contributed by atoms with E-state index < -0.39 is 6.04 Å². The molecule has 3 unspecified atom stereocenters. The normalized spacial score (nSPS) is 14.1. The number of amides is 2. The number of hydrogen-bond donors (Lipinski definition) is 3. The minimum Gasteiger partial charge on any atom is -0.349 e. The molecule has 0 fully saturated rings. The number of benzene rings is 2. The maximum atomic E-state index is 13.0. The van der Waals surface area contributed by atoms with Gasteiger partial charge in [0.25, 0.3) is 0 Å². The minimum atomic E-state index is -0.437. The average Bonchev–Trinajstić information content (AvgIpc) is 3.15. The van der Waals surface area contributed by atoms with Crippen LogP contribution in [0.2, 0.25) is 5.02 Å². The number of hydrogen-bond acceptors (Lipinski definition) is 3. The zero-order valence-electron chi connectivity index (χ0n) is 17.4. The van der Waals surface area contributed by atoms with Crippen LogP contribution in [0.4, 0.5) is 0 Å². The Morgan fingerprint density at radius 1 is 1.10 bits per heavy atom. The van der Waals surface area contributed by atoms with E-state index >= 15 is 0 Å². The van der Waals surface area contributed by atoms with Gasteiger partial charge in [0.15, 0.2) is 0 Å². The van der Waals surface area contributed by atoms with Crippen LogP contribution in [0.3, 0.4) is 0 Å². The van der Waals surface area contributed by atoms with Gasteiger partial charge in [0.2, 0.25) is 11.8 Å². The molecule has 2 aromatic carbocycles. The van der Waals surface area contributed by atoms with Gasteiger partial charge in [-0.05, 0) is 35.7 Å². The molecule has 158 valence electrons. The van der Waals surface area contributed by atoms with Gasteiger partial charge in [0.05, 0.1) is 29.5 Å². The topological polar surface area (TPSA) is 86.9 Å². The smallest absolute Gasteiger partial charge is 0.223 e. The number of halogens is 1. The largest absolute Gasteiger partial charge is 0.349 e. The lowest BCUT2D eigenvalue weighted by molar-refractivity contribution is -0.123. The summed E-state index contributed by atoms with van der Waals surface area (Å²) in [5.41, 5.74) is 2.63. The third kappa shape index (κ3) is 5.39. The van der Waals surface area contributed by atoms with Crippen LogP contribution in [0.15, 0.2) is 48.5 Å². The van der Waals surface area contributed by atoms with Crippen molar-refractivity contribution in [3.05, 3.63) is 64.9 Å². The number of rotatable bonds is 8. The van der Waals surface area contributed by atoms with Crippen LogP contribution >= 0.6 is 11.6 Å². The van der Waals surface area contributed by atoms with Crippen molar-refractivity contribution in [1.82, 2.24) is 20.6 Å². The number of carbonyl (C=O) groups is 2. The molecule has 3 atom stereocenters. The summed E-state index contributed by atoms with van der Waals surface area (Å²) in [5, 5.41) is 6.58. The second-order valence-electron chi connectivity index (χ2n) is 7.58. The van der Waals surface area contributed by atoms with E-state index in [4.69, 9.17) is 11.6 Å². The fourth-order valence-electron chi connectivity index (χ4n) is 3.45. The van der Waals surface area contributed by atoms with Gasteiger partial charge < -0.3 is 15.6 Å². The molecule has 0 spiro atoms. The number of fused-ring (bicyclic) bond motifs is 1. The van der Waals surface area contributed by atoms with E-state index in [1.165, 1.54) is 6.92 Å². The number of carbonyl (C=O) groups excluding carboxylic acids is 2. The molecule has 0 saturated heterocycles. The number of para-hydroxylation sites is 2. The molecule has 6 nitrogen and oxygen atoms in total. The van der Waals surface area contributed by atoms with Gasteiger partial charge in [0.1, 0.15) is 5.82 Å². The van der Waals surface area contributed by atoms with E-state index in [0.29, 0.717) is 5.02 Å². The standard InChI is InChI=1S/C23H27ClN4O2/c1-4-14(2)22(23-26-18-7-5-6-8-19(18)27-23)28-21(30)13-20(25-15(3)29)16-9-11-17(24)12-10-16/h5-12,14,20,22H,4,13H2,1-3H3,(H,25,29)(H,26,27)(H,28,30). The Bertz CT molecular complexity index is 982. The first kappa shape index (κ1) is 21.8. The summed E-state index contributed by atoms with van der Waals surface area (Å²) in [6.07, 6.45) is 1.00. The Balaban J connectivity index is 1.79. The van der Waals surface area contributed by atoms with Crippen LogP contribution in [0.1, 0.15) is 57.1 Å². The SMILES string of the molecule is CCC(C)C(NC(=O)CC(NC(C)=O)c1ccc(Cl)cc1)c1nc2ccccc2[nH]1. The second-order valence-corrected chi connectivity index (χ2v) is 8.02. The molecule has 30 heavy (non-hydrogen) atoms. The van der Waals surface area contributed by atoms with Crippen molar-refractivity contribution < 1.29 is 9.59 Å². The molecule has 1 heterocycles. The summed E-state index contributed by atoms with van der Waals surface area (Å²) in [6, 6.07) is 14.3. The molecule has 3 N–H and O–H groups in total. The van der Waals surface area contributed by atoms with Gasteiger partial charge in [-0.3, -0.25) is 9.59 Å². The number of aromatic nitrogens is 2. The molecule has 0 aliphatic carbocycles. The van der Waals surface area contributed by atoms with Gasteiger partial charge in [-0.2, -0.15) is 0 Å². The van der Waals surface area contributed by atoms with Crippen molar-refractivity contribution in [1.29, 1.82) is 0 Å². The number of nitrogens with one attached hydrogen (secondary N) is 3. The molecule has 0 bridgehead atoms. The van der Waals surface area contributed by atoms with Gasteiger partial charge >= 0.3 is 0 Å². The molecule has 0 saturated carbocycles. The van der Waals surface area contributed by atoms with Crippen molar-refractivity contribution in [2.24, 2.45) is 5.92 Å². The van der Waals surface area contributed by atoms with Gasteiger partial charge in [-0.25, -0.2) is 4.98 Å². The maximum Gasteiger partial charge on any atom is 0.223 e. The number of imidazole rings is 1. The second kappa shape index (κ2) is 9.76. The third-order valence-electron chi connectivity index (χ3n) is 5.27. The van der Waals surface area contributed by atoms with E-state index in [1.54, 1.807) is 12.1 Å². The Hall–Kier alpha value is -2.86. The number of aromatic amines is 1. The van der Waals surface area contributed by atoms with E-state index in [2.05, 4.69) is 34.4 Å². The van der Waals surface area contributed by atoms with Crippen molar-refractivity contribution >= 4 is 34.4 Å². The Kier molecular flexibility index (Phi) is 7.11. The molecule has 7 heteroatoms. The summed E-state index contributed by atoms with van der Waals surface area (Å²) >= 11 is 5.97. The summed E-state index contributed by atoms with van der Waals surface area (Å²) in [4.78, 5) is 32.7. The highest BCUT2D eigenvalue weighted by atomic mass is 35.5. The first-order valence-electron chi connectivity index (χ1n) is 10.1. The van der Waals surface area contributed by atoms with Crippen molar-refractivity contribution in [2.75, 3.05) is 0 Å². The van der Waals surface area contributed by atoms with E-state index in [9.17, 15) is 9.59 Å². The minimum absolute atomic E-state index is 0.119. The maximum absolute atomic E-state index is 13.0. The summed E-state index contributed by atoms with van der Waals surface area (Å²) < 4.78 is 0. The molecule has 1 aromatic heterocycles. The molecule has 3 rings (SSSR count). The quantitative estimate of drug-likeness (QED) is 0.488. The summed E-state index contributed by atoms with van der Waals surface area (Å²) in [7, 11) is 0. The molecular formula is C23H27ClN4O2. The van der Waals surface area contributed by atoms with E-state index in [-0.39, 0.29) is 30.2 Å². The lowest BCUT2D eigenvalue weighted by Crippen LogP contribution is -2.36. The molecule has 0 aliphatic rings. The molecular weight excluding hydrogens is 400 g/mol. The highest BCUT2D eigenvalue weighted by molar-refractivity contribution is 6.30. The van der Waals surface area contributed by atoms with Crippen LogP contribution in [-0.4, -0.2) is 21.8 Å². The van der Waals surface area contributed by atoms with Crippen LogP contribution in [0, 0.1) is 5.92 Å². The molecule has 0 aliphatic heterocycles. The van der Waals surface area contributed by atoms with Crippen molar-refractivity contribution in [3.63, 3.8) is 0 Å². The lowest BCUT2D eigenvalue weighted by atomic mass is 9.97. The zero-order chi connectivity index (χ0) is 21.7. The number of nitrogens with zero attached hydrogens (tertiary/aromatic N) is 1. The predicted molar refractivity (Wildman–Crippen MR) is 119 cm³/mol. The molecule has 2 amide bonds. The van der Waals surface area contributed by atoms with Crippen LogP contribution in [-0.2, 0) is 9.59 Å². The average molecular weight is 427 g/mol. The van der Waals surface area contributed by atoms with Gasteiger partial charge in [0, 0.05) is 11.9 Å². The first-order valence-corrected chi connectivity index (χ1v) is 10.5. The van der Waals surface area contributed by atoms with Crippen molar-refractivity contribution in [2.45, 2.75) is 45.7 Å². The van der Waals surface area contributed by atoms with Crippen LogP contribution in [0.25, 0.3) is 11.0 Å². The van der Waals surface area contributed by atoms with Crippen LogP contribution in [0.5, 0.6) is 0 Å². The Morgan fingerprint density at radius 2 is 1.80 bits per heavy atom. The van der Waals surface area contributed by atoms with E-state index in [0.717, 1.165) is 28.8 Å². The molecule has 0 radical (unpaired) electrons. The Morgan fingerprint density at radius 3 is 2.43 bits per heavy atom. The monoisotopic (exact) mass is 426 g/mol. The van der Waals surface area contributed by atoms with E-state index in [1.807, 2.05) is 36.4 Å². The Labute approximate surface area is 181 Å². The summed E-state index contributed by atoms with van der Waals surface area (Å²) in [6.45, 7) is 5.61. The first-order chi connectivity index (χ1) is 14.4. The van der Waals surface area contributed by atoms with Crippen LogP contribution < -0.4 is 10.6 Å².